The number of hydrazine groups is 1. The summed E-state index contributed by atoms with van der Waals surface area (Å²) in [7, 11) is 0. The number of hydrogen-bond acceptors (Lipinski definition) is 7. The zero-order valence-corrected chi connectivity index (χ0v) is 20.7. The lowest BCUT2D eigenvalue weighted by Gasteiger charge is -2.29. The van der Waals surface area contributed by atoms with Gasteiger partial charge in [0.25, 0.3) is 11.6 Å². The minimum Gasteiger partial charge on any atom is -0.370 e. The molecule has 198 valence electrons. The Morgan fingerprint density at radius 3 is 2.61 bits per heavy atom. The van der Waals surface area contributed by atoms with Gasteiger partial charge in [0.1, 0.15) is 17.6 Å². The number of nitro benzene ring substituents is 1. The minimum atomic E-state index is -0.801. The van der Waals surface area contributed by atoms with Gasteiger partial charge >= 0.3 is 0 Å². The predicted molar refractivity (Wildman–Crippen MR) is 135 cm³/mol. The number of nitrogens with one attached hydrogen (secondary N) is 3. The number of nitrogens with zero attached hydrogens (tertiary/aromatic N) is 3. The van der Waals surface area contributed by atoms with Crippen LogP contribution in [0, 0.1) is 16.0 Å². The summed E-state index contributed by atoms with van der Waals surface area (Å²) in [6.45, 7) is 5.21. The number of carbonyl (C=O) groups excluding carboxylic acids is 3. The van der Waals surface area contributed by atoms with E-state index >= 15 is 0 Å². The number of rotatable bonds is 13. The second kappa shape index (κ2) is 14.0. The summed E-state index contributed by atoms with van der Waals surface area (Å²) in [4.78, 5) is 54.8. The van der Waals surface area contributed by atoms with Gasteiger partial charge in [0.2, 0.25) is 11.8 Å². The molecule has 1 aromatic rings. The fourth-order valence-electron chi connectivity index (χ4n) is 4.02. The van der Waals surface area contributed by atoms with Crippen molar-refractivity contribution in [3.8, 4) is 0 Å². The molecule has 1 saturated heterocycles. The van der Waals surface area contributed by atoms with Crippen LogP contribution in [-0.4, -0.2) is 65.2 Å². The molecule has 7 N–H and O–H groups in total. The maximum atomic E-state index is 13.4. The van der Waals surface area contributed by atoms with Crippen LogP contribution >= 0.6 is 0 Å². The van der Waals surface area contributed by atoms with Crippen LogP contribution in [0.3, 0.4) is 0 Å². The molecule has 1 aliphatic rings. The van der Waals surface area contributed by atoms with Gasteiger partial charge in [-0.05, 0) is 44.1 Å². The van der Waals surface area contributed by atoms with Crippen LogP contribution < -0.4 is 27.6 Å². The number of likely N-dealkylation sites (tertiary alicyclic amines) is 1. The fourth-order valence-corrected chi connectivity index (χ4v) is 4.02. The molecular formula is C23H36N8O5. The van der Waals surface area contributed by atoms with Crippen molar-refractivity contribution in [2.24, 2.45) is 22.4 Å². The van der Waals surface area contributed by atoms with E-state index < -0.39 is 22.9 Å². The Kier molecular flexibility index (Phi) is 11.1. The standard InChI is InChI=1S/C23H36N8O5/c1-15(2)14-17(28-29-20(32)16-8-3-4-9-18(16)31(35)36)22(34)30-13-7-10-19(30)21(33)26-11-5-6-12-27-23(24)25/h3-4,8-9,15,17,19,28H,5-7,10-14H2,1-2H3,(H,26,33)(H,29,32)(H4,24,25,27)/t17-,19-/m0/s1. The summed E-state index contributed by atoms with van der Waals surface area (Å²) in [6, 6.07) is 4.16. The molecular weight excluding hydrogens is 468 g/mol. The van der Waals surface area contributed by atoms with Crippen LogP contribution in [0.1, 0.15) is 56.3 Å². The molecule has 0 radical (unpaired) electrons. The zero-order chi connectivity index (χ0) is 26.7. The van der Waals surface area contributed by atoms with Crippen molar-refractivity contribution in [1.29, 1.82) is 0 Å². The number of unbranched alkanes of at least 4 members (excludes halogenated alkanes) is 1. The maximum Gasteiger partial charge on any atom is 0.282 e. The lowest BCUT2D eigenvalue weighted by molar-refractivity contribution is -0.385. The SMILES string of the molecule is CC(C)C[C@H](NNC(=O)c1ccccc1[N+](=O)[O-])C(=O)N1CCC[C@H]1C(=O)NCCCCN=C(N)N. The average Bonchev–Trinajstić information content (AvgIpc) is 3.32. The van der Waals surface area contributed by atoms with E-state index in [1.54, 1.807) is 0 Å². The normalized spacial score (nSPS) is 15.9. The first kappa shape index (κ1) is 28.5. The van der Waals surface area contributed by atoms with E-state index in [0.717, 1.165) is 0 Å². The number of benzene rings is 1. The molecule has 1 heterocycles. The van der Waals surface area contributed by atoms with E-state index in [4.69, 9.17) is 11.5 Å². The summed E-state index contributed by atoms with van der Waals surface area (Å²) < 4.78 is 0. The second-order valence-electron chi connectivity index (χ2n) is 9.05. The lowest BCUT2D eigenvalue weighted by Crippen LogP contribution is -2.56. The van der Waals surface area contributed by atoms with Gasteiger partial charge in [0.05, 0.1) is 4.92 Å². The Labute approximate surface area is 210 Å². The lowest BCUT2D eigenvalue weighted by atomic mass is 10.0. The molecule has 13 heteroatoms. The van der Waals surface area contributed by atoms with Gasteiger partial charge in [-0.2, -0.15) is 0 Å². The van der Waals surface area contributed by atoms with Crippen LogP contribution in [0.25, 0.3) is 0 Å². The van der Waals surface area contributed by atoms with E-state index in [-0.39, 0.29) is 34.9 Å². The summed E-state index contributed by atoms with van der Waals surface area (Å²) in [5.74, 6) is -1.12. The topological polar surface area (TPSA) is 198 Å². The highest BCUT2D eigenvalue weighted by Crippen LogP contribution is 2.21. The van der Waals surface area contributed by atoms with Crippen molar-refractivity contribution >= 4 is 29.4 Å². The third-order valence-corrected chi connectivity index (χ3v) is 5.73. The number of para-hydroxylation sites is 1. The van der Waals surface area contributed by atoms with E-state index in [1.165, 1.54) is 29.2 Å². The first-order chi connectivity index (χ1) is 17.1. The Morgan fingerprint density at radius 1 is 1.22 bits per heavy atom. The van der Waals surface area contributed by atoms with Gasteiger partial charge in [0.15, 0.2) is 5.96 Å². The van der Waals surface area contributed by atoms with E-state index in [2.05, 4.69) is 21.2 Å². The summed E-state index contributed by atoms with van der Waals surface area (Å²) in [5, 5.41) is 14.1. The smallest absolute Gasteiger partial charge is 0.282 e. The molecule has 1 aromatic carbocycles. The summed E-state index contributed by atoms with van der Waals surface area (Å²) >= 11 is 0. The first-order valence-corrected chi connectivity index (χ1v) is 12.0. The van der Waals surface area contributed by atoms with E-state index in [1.807, 2.05) is 13.8 Å². The molecule has 0 aromatic heterocycles. The van der Waals surface area contributed by atoms with Gasteiger partial charge in [0, 0.05) is 25.7 Å². The monoisotopic (exact) mass is 504 g/mol. The quantitative estimate of drug-likeness (QED) is 0.0836. The van der Waals surface area contributed by atoms with Crippen LogP contribution in [0.15, 0.2) is 29.3 Å². The van der Waals surface area contributed by atoms with Crippen molar-refractivity contribution in [2.45, 2.75) is 58.0 Å². The zero-order valence-electron chi connectivity index (χ0n) is 20.7. The molecule has 2 atom stereocenters. The molecule has 36 heavy (non-hydrogen) atoms. The number of carbonyl (C=O) groups is 3. The molecule has 13 nitrogen and oxygen atoms in total. The summed E-state index contributed by atoms with van der Waals surface area (Å²) in [5.41, 5.74) is 15.3. The highest BCUT2D eigenvalue weighted by Gasteiger charge is 2.37. The van der Waals surface area contributed by atoms with Crippen LogP contribution in [0.5, 0.6) is 0 Å². The van der Waals surface area contributed by atoms with Crippen molar-refractivity contribution < 1.29 is 19.3 Å². The van der Waals surface area contributed by atoms with Crippen molar-refractivity contribution in [1.82, 2.24) is 21.1 Å². The maximum absolute atomic E-state index is 13.4. The molecule has 0 unspecified atom stereocenters. The Hall–Kier alpha value is -3.74. The van der Waals surface area contributed by atoms with Gasteiger partial charge in [-0.25, -0.2) is 5.43 Å². The molecule has 3 amide bonds. The van der Waals surface area contributed by atoms with Gasteiger partial charge in [-0.3, -0.25) is 34.9 Å². The largest absolute Gasteiger partial charge is 0.370 e. The summed E-state index contributed by atoms with van der Waals surface area (Å²) in [6.07, 6.45) is 3.03. The number of aliphatic imine (C=N–C) groups is 1. The Balaban J connectivity index is 1.99. The number of nitro groups is 1. The van der Waals surface area contributed by atoms with Crippen LogP contribution in [-0.2, 0) is 9.59 Å². The molecule has 2 rings (SSSR count). The molecule has 0 aliphatic carbocycles. The Bertz CT molecular complexity index is 964. The average molecular weight is 505 g/mol. The number of guanidine groups is 1. The van der Waals surface area contributed by atoms with Gasteiger partial charge in [-0.1, -0.05) is 26.0 Å². The van der Waals surface area contributed by atoms with E-state index in [9.17, 15) is 24.5 Å². The Morgan fingerprint density at radius 2 is 1.94 bits per heavy atom. The highest BCUT2D eigenvalue weighted by atomic mass is 16.6. The number of hydrogen-bond donors (Lipinski definition) is 5. The van der Waals surface area contributed by atoms with Crippen molar-refractivity contribution in [3.05, 3.63) is 39.9 Å². The highest BCUT2D eigenvalue weighted by molar-refractivity contribution is 5.98. The van der Waals surface area contributed by atoms with Crippen molar-refractivity contribution in [3.63, 3.8) is 0 Å². The molecule has 0 bridgehead atoms. The first-order valence-electron chi connectivity index (χ1n) is 12.0. The third-order valence-electron chi connectivity index (χ3n) is 5.73. The molecule has 1 aliphatic heterocycles. The van der Waals surface area contributed by atoms with Gasteiger partial charge in [-0.15, -0.1) is 0 Å². The molecule has 0 spiro atoms. The third kappa shape index (κ3) is 8.48. The van der Waals surface area contributed by atoms with Crippen LogP contribution in [0.2, 0.25) is 0 Å². The molecule has 0 saturated carbocycles. The van der Waals surface area contributed by atoms with Gasteiger partial charge < -0.3 is 21.7 Å². The number of nitrogens with two attached hydrogens (primary N) is 2. The molecule has 1 fully saturated rings. The minimum absolute atomic E-state index is 0.0295. The van der Waals surface area contributed by atoms with Crippen LogP contribution in [0.4, 0.5) is 5.69 Å². The fraction of sp³-hybridized carbons (Fsp3) is 0.565. The number of amides is 3. The second-order valence-corrected chi connectivity index (χ2v) is 9.05. The van der Waals surface area contributed by atoms with Crippen molar-refractivity contribution in [2.75, 3.05) is 19.6 Å². The van der Waals surface area contributed by atoms with E-state index in [0.29, 0.717) is 51.7 Å². The predicted octanol–water partition coefficient (Wildman–Crippen LogP) is 0.405.